The molecule has 1 saturated heterocycles. The van der Waals surface area contributed by atoms with Crippen LogP contribution in [0.4, 0.5) is 0 Å². The van der Waals surface area contributed by atoms with Crippen LogP contribution in [0.3, 0.4) is 0 Å². The summed E-state index contributed by atoms with van der Waals surface area (Å²) < 4.78 is 22.9. The molecule has 1 aliphatic rings. The minimum Gasteiger partial charge on any atom is -0.493 e. The average molecular weight is 455 g/mol. The second kappa shape index (κ2) is 10.8. The SMILES string of the molecule is COc1cc([C@H]2OC[C@H](Cc3ccc(C)cc3)[C@H]2CC(C)=C(C)C(=O)O)cc(OC)c1OC. The van der Waals surface area contributed by atoms with Crippen LogP contribution in [0.5, 0.6) is 17.2 Å². The lowest BCUT2D eigenvalue weighted by Crippen LogP contribution is -2.19. The monoisotopic (exact) mass is 454 g/mol. The molecule has 0 aliphatic carbocycles. The van der Waals surface area contributed by atoms with Gasteiger partial charge in [0.05, 0.1) is 34.0 Å². The normalized spacial score (nSPS) is 20.8. The number of methoxy groups -OCH3 is 3. The molecule has 1 aliphatic heterocycles. The van der Waals surface area contributed by atoms with Gasteiger partial charge in [0, 0.05) is 5.57 Å². The number of aryl methyl sites for hydroxylation is 1. The Labute approximate surface area is 196 Å². The highest BCUT2D eigenvalue weighted by Crippen LogP contribution is 2.47. The third-order valence-electron chi connectivity index (χ3n) is 6.62. The Morgan fingerprint density at radius 3 is 2.15 bits per heavy atom. The number of ether oxygens (including phenoxy) is 4. The average Bonchev–Trinajstić information content (AvgIpc) is 3.20. The van der Waals surface area contributed by atoms with E-state index in [1.54, 1.807) is 28.3 Å². The van der Waals surface area contributed by atoms with E-state index in [-0.39, 0.29) is 17.9 Å². The molecule has 0 unspecified atom stereocenters. The predicted molar refractivity (Wildman–Crippen MR) is 127 cm³/mol. The Morgan fingerprint density at radius 1 is 1.03 bits per heavy atom. The predicted octanol–water partition coefficient (Wildman–Crippen LogP) is 5.38. The summed E-state index contributed by atoms with van der Waals surface area (Å²) in [6, 6.07) is 12.4. The van der Waals surface area contributed by atoms with Gasteiger partial charge in [0.15, 0.2) is 11.5 Å². The number of rotatable bonds is 9. The van der Waals surface area contributed by atoms with Crippen molar-refractivity contribution in [3.05, 3.63) is 64.2 Å². The Balaban J connectivity index is 1.99. The first kappa shape index (κ1) is 24.6. The van der Waals surface area contributed by atoms with E-state index < -0.39 is 5.97 Å². The number of carbonyl (C=O) groups is 1. The maximum Gasteiger partial charge on any atom is 0.331 e. The summed E-state index contributed by atoms with van der Waals surface area (Å²) in [4.78, 5) is 11.6. The highest BCUT2D eigenvalue weighted by Gasteiger charge is 2.39. The molecular formula is C27H34O6. The molecule has 6 nitrogen and oxygen atoms in total. The first-order valence-corrected chi connectivity index (χ1v) is 11.2. The number of allylic oxidation sites excluding steroid dienone is 1. The number of carboxylic acids is 1. The molecule has 2 aromatic rings. The van der Waals surface area contributed by atoms with Crippen LogP contribution in [0.2, 0.25) is 0 Å². The molecule has 3 atom stereocenters. The van der Waals surface area contributed by atoms with Crippen molar-refractivity contribution in [3.63, 3.8) is 0 Å². The molecule has 6 heteroatoms. The Morgan fingerprint density at radius 2 is 1.64 bits per heavy atom. The molecule has 33 heavy (non-hydrogen) atoms. The number of benzene rings is 2. The zero-order valence-corrected chi connectivity index (χ0v) is 20.3. The Hall–Kier alpha value is -2.99. The summed E-state index contributed by atoms with van der Waals surface area (Å²) in [7, 11) is 4.77. The van der Waals surface area contributed by atoms with Gasteiger partial charge in [0.1, 0.15) is 0 Å². The zero-order valence-electron chi connectivity index (χ0n) is 20.3. The van der Waals surface area contributed by atoms with Crippen LogP contribution in [-0.2, 0) is 16.0 Å². The van der Waals surface area contributed by atoms with Crippen molar-refractivity contribution in [3.8, 4) is 17.2 Å². The Kier molecular flexibility index (Phi) is 8.03. The first-order valence-electron chi connectivity index (χ1n) is 11.2. The molecule has 1 heterocycles. The van der Waals surface area contributed by atoms with Gasteiger partial charge in [-0.2, -0.15) is 0 Å². The second-order valence-electron chi connectivity index (χ2n) is 8.74. The summed E-state index contributed by atoms with van der Waals surface area (Å²) >= 11 is 0. The fraction of sp³-hybridized carbons (Fsp3) is 0.444. The molecule has 1 fully saturated rings. The van der Waals surface area contributed by atoms with Gasteiger partial charge in [-0.25, -0.2) is 4.79 Å². The van der Waals surface area contributed by atoms with E-state index in [0.717, 1.165) is 17.6 Å². The van der Waals surface area contributed by atoms with Crippen LogP contribution in [0, 0.1) is 18.8 Å². The molecule has 3 rings (SSSR count). The van der Waals surface area contributed by atoms with Crippen molar-refractivity contribution in [1.29, 1.82) is 0 Å². The molecule has 0 spiro atoms. The van der Waals surface area contributed by atoms with Crippen LogP contribution < -0.4 is 14.2 Å². The summed E-state index contributed by atoms with van der Waals surface area (Å²) in [5.41, 5.74) is 4.66. The summed E-state index contributed by atoms with van der Waals surface area (Å²) in [6.07, 6.45) is 1.28. The van der Waals surface area contributed by atoms with E-state index in [1.165, 1.54) is 11.1 Å². The van der Waals surface area contributed by atoms with Gasteiger partial charge in [-0.3, -0.25) is 0 Å². The van der Waals surface area contributed by atoms with E-state index in [1.807, 2.05) is 19.1 Å². The van der Waals surface area contributed by atoms with Crippen LogP contribution in [0.15, 0.2) is 47.5 Å². The van der Waals surface area contributed by atoms with Crippen LogP contribution in [0.25, 0.3) is 0 Å². The van der Waals surface area contributed by atoms with E-state index in [9.17, 15) is 9.90 Å². The second-order valence-corrected chi connectivity index (χ2v) is 8.74. The lowest BCUT2D eigenvalue weighted by atomic mass is 9.79. The van der Waals surface area contributed by atoms with Gasteiger partial charge in [-0.15, -0.1) is 0 Å². The zero-order chi connectivity index (χ0) is 24.1. The molecular weight excluding hydrogens is 420 g/mol. The van der Waals surface area contributed by atoms with Crippen molar-refractivity contribution in [1.82, 2.24) is 0 Å². The van der Waals surface area contributed by atoms with Gasteiger partial charge in [-0.05, 0) is 68.7 Å². The largest absolute Gasteiger partial charge is 0.493 e. The minimum absolute atomic E-state index is 0.100. The van der Waals surface area contributed by atoms with Crippen molar-refractivity contribution in [2.45, 2.75) is 39.7 Å². The molecule has 1 N–H and O–H groups in total. The van der Waals surface area contributed by atoms with Gasteiger partial charge in [0.25, 0.3) is 0 Å². The minimum atomic E-state index is -0.883. The molecule has 0 radical (unpaired) electrons. The van der Waals surface area contributed by atoms with Gasteiger partial charge in [0.2, 0.25) is 5.75 Å². The van der Waals surface area contributed by atoms with E-state index >= 15 is 0 Å². The summed E-state index contributed by atoms with van der Waals surface area (Å²) in [5.74, 6) is 1.14. The standard InChI is InChI=1S/C27H34O6/c1-16-7-9-19(10-8-16)12-21-15-33-25(22(21)11-17(2)18(3)27(28)29)20-13-23(30-4)26(32-6)24(14-20)31-5/h7-10,13-14,21-22,25H,11-12,15H2,1-6H3,(H,28,29)/t21-,22+,25+/m0/s1. The molecule has 0 saturated carbocycles. The third kappa shape index (κ3) is 5.50. The molecule has 0 amide bonds. The van der Waals surface area contributed by atoms with Crippen molar-refractivity contribution in [2.75, 3.05) is 27.9 Å². The molecule has 2 aromatic carbocycles. The Bertz CT molecular complexity index is 983. The molecule has 0 bridgehead atoms. The summed E-state index contributed by atoms with van der Waals surface area (Å²) in [6.45, 7) is 6.24. The maximum absolute atomic E-state index is 11.6. The van der Waals surface area contributed by atoms with Crippen molar-refractivity contribution >= 4 is 5.97 Å². The molecule has 178 valence electrons. The lowest BCUT2D eigenvalue weighted by Gasteiger charge is -2.25. The van der Waals surface area contributed by atoms with E-state index in [2.05, 4.69) is 31.2 Å². The van der Waals surface area contributed by atoms with Gasteiger partial charge in [-0.1, -0.05) is 35.4 Å². The number of carboxylic acid groups (broad SMARTS) is 1. The maximum atomic E-state index is 11.6. The fourth-order valence-corrected chi connectivity index (χ4v) is 4.53. The van der Waals surface area contributed by atoms with Crippen molar-refractivity contribution < 1.29 is 28.8 Å². The topological polar surface area (TPSA) is 74.2 Å². The fourth-order valence-electron chi connectivity index (χ4n) is 4.53. The summed E-state index contributed by atoms with van der Waals surface area (Å²) in [5, 5.41) is 9.49. The van der Waals surface area contributed by atoms with Gasteiger partial charge < -0.3 is 24.1 Å². The highest BCUT2D eigenvalue weighted by atomic mass is 16.5. The highest BCUT2D eigenvalue weighted by molar-refractivity contribution is 5.86. The number of hydrogen-bond acceptors (Lipinski definition) is 5. The quantitative estimate of drug-likeness (QED) is 0.513. The van der Waals surface area contributed by atoms with Crippen LogP contribution in [-0.4, -0.2) is 39.0 Å². The number of hydrogen-bond donors (Lipinski definition) is 1. The third-order valence-corrected chi connectivity index (χ3v) is 6.62. The first-order chi connectivity index (χ1) is 15.8. The van der Waals surface area contributed by atoms with Crippen molar-refractivity contribution in [2.24, 2.45) is 11.8 Å². The van der Waals surface area contributed by atoms with Crippen LogP contribution >= 0.6 is 0 Å². The lowest BCUT2D eigenvalue weighted by molar-refractivity contribution is -0.132. The van der Waals surface area contributed by atoms with E-state index in [4.69, 9.17) is 18.9 Å². The molecule has 0 aromatic heterocycles. The van der Waals surface area contributed by atoms with Gasteiger partial charge >= 0.3 is 5.97 Å². The van der Waals surface area contributed by atoms with E-state index in [0.29, 0.717) is 35.8 Å². The number of aliphatic carboxylic acids is 1. The van der Waals surface area contributed by atoms with Crippen LogP contribution in [0.1, 0.15) is 43.1 Å². The smallest absolute Gasteiger partial charge is 0.331 e.